The van der Waals surface area contributed by atoms with Gasteiger partial charge in [-0.2, -0.15) is 0 Å². The van der Waals surface area contributed by atoms with Crippen molar-refractivity contribution < 1.29 is 9.90 Å². The van der Waals surface area contributed by atoms with Gasteiger partial charge < -0.3 is 10.4 Å². The van der Waals surface area contributed by atoms with Crippen LogP contribution in [0.1, 0.15) is 39.0 Å². The Bertz CT molecular complexity index is 219. The predicted molar refractivity (Wildman–Crippen MR) is 64.6 cm³/mol. The summed E-state index contributed by atoms with van der Waals surface area (Å²) in [7, 11) is 1.72. The van der Waals surface area contributed by atoms with Gasteiger partial charge in [-0.1, -0.05) is 19.8 Å². The number of rotatable bonds is 6. The van der Waals surface area contributed by atoms with Gasteiger partial charge in [0.05, 0.1) is 0 Å². The summed E-state index contributed by atoms with van der Waals surface area (Å²) in [4.78, 5) is 13.3. The zero-order valence-electron chi connectivity index (χ0n) is 10.4. The van der Waals surface area contributed by atoms with Crippen molar-refractivity contribution in [3.8, 4) is 0 Å². The molecule has 0 aromatic carbocycles. The Morgan fingerprint density at radius 2 is 2.31 bits per heavy atom. The third kappa shape index (κ3) is 3.76. The second-order valence-electron chi connectivity index (χ2n) is 4.61. The minimum absolute atomic E-state index is 0.433. The molecule has 94 valence electrons. The average molecular weight is 228 g/mol. The molecule has 1 heterocycles. The summed E-state index contributed by atoms with van der Waals surface area (Å²) in [6.07, 6.45) is 6.09. The molecular weight excluding hydrogens is 204 g/mol. The standard InChI is InChI=1S/C12H24N2O2/c1-3-6-10-7-4-5-8-14(10)9-11(13-2)12(15)16/h10-11,13H,3-9H2,1-2H3,(H,15,16). The van der Waals surface area contributed by atoms with Gasteiger partial charge in [0.25, 0.3) is 0 Å². The smallest absolute Gasteiger partial charge is 0.322 e. The van der Waals surface area contributed by atoms with E-state index in [0.29, 0.717) is 12.6 Å². The predicted octanol–water partition coefficient (Wildman–Crippen LogP) is 1.31. The molecule has 0 amide bonds. The van der Waals surface area contributed by atoms with Crippen LogP contribution in [0.4, 0.5) is 0 Å². The minimum atomic E-state index is -0.747. The molecular formula is C12H24N2O2. The van der Waals surface area contributed by atoms with Gasteiger partial charge in [0.2, 0.25) is 0 Å². The first-order valence-electron chi connectivity index (χ1n) is 6.33. The van der Waals surface area contributed by atoms with E-state index in [4.69, 9.17) is 5.11 Å². The normalized spacial score (nSPS) is 24.2. The van der Waals surface area contributed by atoms with Crippen LogP contribution < -0.4 is 5.32 Å². The summed E-state index contributed by atoms with van der Waals surface area (Å²) >= 11 is 0. The van der Waals surface area contributed by atoms with Gasteiger partial charge in [0, 0.05) is 12.6 Å². The first-order chi connectivity index (χ1) is 7.69. The van der Waals surface area contributed by atoms with Gasteiger partial charge in [-0.15, -0.1) is 0 Å². The molecule has 1 aliphatic heterocycles. The Morgan fingerprint density at radius 3 is 2.88 bits per heavy atom. The first-order valence-corrected chi connectivity index (χ1v) is 6.33. The lowest BCUT2D eigenvalue weighted by Crippen LogP contribution is -2.49. The molecule has 2 N–H and O–H groups in total. The van der Waals surface area contributed by atoms with Gasteiger partial charge in [0.15, 0.2) is 0 Å². The number of nitrogens with zero attached hydrogens (tertiary/aromatic N) is 1. The molecule has 0 aromatic heterocycles. The van der Waals surface area contributed by atoms with Gasteiger partial charge >= 0.3 is 5.97 Å². The second-order valence-corrected chi connectivity index (χ2v) is 4.61. The van der Waals surface area contributed by atoms with E-state index in [1.807, 2.05) is 0 Å². The maximum Gasteiger partial charge on any atom is 0.322 e. The average Bonchev–Trinajstić information content (AvgIpc) is 2.27. The van der Waals surface area contributed by atoms with Crippen LogP contribution in [-0.4, -0.2) is 48.2 Å². The van der Waals surface area contributed by atoms with Gasteiger partial charge in [-0.05, 0) is 32.9 Å². The number of likely N-dealkylation sites (tertiary alicyclic amines) is 1. The van der Waals surface area contributed by atoms with Crippen molar-refractivity contribution in [2.75, 3.05) is 20.1 Å². The van der Waals surface area contributed by atoms with Crippen molar-refractivity contribution in [3.63, 3.8) is 0 Å². The molecule has 0 spiro atoms. The quantitative estimate of drug-likeness (QED) is 0.720. The molecule has 0 radical (unpaired) electrons. The zero-order chi connectivity index (χ0) is 12.0. The summed E-state index contributed by atoms with van der Waals surface area (Å²) < 4.78 is 0. The van der Waals surface area contributed by atoms with Crippen LogP contribution in [-0.2, 0) is 4.79 Å². The number of nitrogens with one attached hydrogen (secondary N) is 1. The number of carboxylic acids is 1. The van der Waals surface area contributed by atoms with Gasteiger partial charge in [0.1, 0.15) is 6.04 Å². The topological polar surface area (TPSA) is 52.6 Å². The number of likely N-dealkylation sites (N-methyl/N-ethyl adjacent to an activating group) is 1. The lowest BCUT2D eigenvalue weighted by atomic mass is 9.97. The van der Waals surface area contributed by atoms with E-state index in [9.17, 15) is 4.79 Å². The molecule has 1 fully saturated rings. The van der Waals surface area contributed by atoms with Crippen LogP contribution in [0.15, 0.2) is 0 Å². The van der Waals surface area contributed by atoms with Crippen molar-refractivity contribution in [1.29, 1.82) is 0 Å². The maximum atomic E-state index is 11.0. The largest absolute Gasteiger partial charge is 0.480 e. The number of carboxylic acid groups (broad SMARTS) is 1. The molecule has 0 aliphatic carbocycles. The summed E-state index contributed by atoms with van der Waals surface area (Å²) in [5.41, 5.74) is 0. The maximum absolute atomic E-state index is 11.0. The Kier molecular flexibility index (Phi) is 5.77. The third-order valence-electron chi connectivity index (χ3n) is 3.43. The van der Waals surface area contributed by atoms with E-state index in [0.717, 1.165) is 6.54 Å². The van der Waals surface area contributed by atoms with Crippen molar-refractivity contribution in [3.05, 3.63) is 0 Å². The summed E-state index contributed by atoms with van der Waals surface area (Å²) in [5, 5.41) is 11.9. The van der Waals surface area contributed by atoms with Crippen LogP contribution in [0.3, 0.4) is 0 Å². The highest BCUT2D eigenvalue weighted by atomic mass is 16.4. The molecule has 1 aliphatic rings. The van der Waals surface area contributed by atoms with Crippen LogP contribution >= 0.6 is 0 Å². The molecule has 2 atom stereocenters. The number of piperidine rings is 1. The molecule has 0 saturated carbocycles. The summed E-state index contributed by atoms with van der Waals surface area (Å²) in [6, 6.07) is 0.159. The van der Waals surface area contributed by atoms with E-state index in [2.05, 4.69) is 17.1 Å². The monoisotopic (exact) mass is 228 g/mol. The SMILES string of the molecule is CCCC1CCCCN1CC(NC)C(=O)O. The molecule has 2 unspecified atom stereocenters. The van der Waals surface area contributed by atoms with E-state index >= 15 is 0 Å². The third-order valence-corrected chi connectivity index (χ3v) is 3.43. The molecule has 16 heavy (non-hydrogen) atoms. The summed E-state index contributed by atoms with van der Waals surface area (Å²) in [5.74, 6) is -0.747. The van der Waals surface area contributed by atoms with Crippen LogP contribution in [0.25, 0.3) is 0 Å². The zero-order valence-corrected chi connectivity index (χ0v) is 10.4. The molecule has 1 rings (SSSR count). The number of aliphatic carboxylic acids is 1. The van der Waals surface area contributed by atoms with Crippen LogP contribution in [0.2, 0.25) is 0 Å². The fourth-order valence-electron chi connectivity index (χ4n) is 2.49. The fourth-order valence-corrected chi connectivity index (χ4v) is 2.49. The van der Waals surface area contributed by atoms with Crippen molar-refractivity contribution in [1.82, 2.24) is 10.2 Å². The van der Waals surface area contributed by atoms with Gasteiger partial charge in [-0.25, -0.2) is 0 Å². The number of hydrogen-bond acceptors (Lipinski definition) is 3. The highest BCUT2D eigenvalue weighted by molar-refractivity contribution is 5.73. The Morgan fingerprint density at radius 1 is 1.56 bits per heavy atom. The van der Waals surface area contributed by atoms with E-state index in [1.54, 1.807) is 7.05 Å². The van der Waals surface area contributed by atoms with E-state index < -0.39 is 12.0 Å². The molecule has 0 aromatic rings. The van der Waals surface area contributed by atoms with Gasteiger partial charge in [-0.3, -0.25) is 9.69 Å². The van der Waals surface area contributed by atoms with Crippen molar-refractivity contribution in [2.24, 2.45) is 0 Å². The Hall–Kier alpha value is -0.610. The fraction of sp³-hybridized carbons (Fsp3) is 0.917. The lowest BCUT2D eigenvalue weighted by Gasteiger charge is -2.37. The minimum Gasteiger partial charge on any atom is -0.480 e. The highest BCUT2D eigenvalue weighted by Gasteiger charge is 2.26. The number of carbonyl (C=O) groups is 1. The molecule has 1 saturated heterocycles. The second kappa shape index (κ2) is 6.86. The highest BCUT2D eigenvalue weighted by Crippen LogP contribution is 2.20. The van der Waals surface area contributed by atoms with Crippen molar-refractivity contribution in [2.45, 2.75) is 51.1 Å². The molecule has 4 nitrogen and oxygen atoms in total. The number of hydrogen-bond donors (Lipinski definition) is 2. The summed E-state index contributed by atoms with van der Waals surface area (Å²) in [6.45, 7) is 3.88. The van der Waals surface area contributed by atoms with E-state index in [-0.39, 0.29) is 0 Å². The Balaban J connectivity index is 2.50. The van der Waals surface area contributed by atoms with Crippen LogP contribution in [0.5, 0.6) is 0 Å². The van der Waals surface area contributed by atoms with E-state index in [1.165, 1.54) is 32.1 Å². The first kappa shape index (κ1) is 13.5. The van der Waals surface area contributed by atoms with Crippen LogP contribution in [0, 0.1) is 0 Å². The Labute approximate surface area is 98.0 Å². The lowest BCUT2D eigenvalue weighted by molar-refractivity contribution is -0.140. The van der Waals surface area contributed by atoms with Crippen molar-refractivity contribution >= 4 is 5.97 Å². The molecule has 4 heteroatoms. The molecule has 0 bridgehead atoms.